The molecule has 0 aliphatic carbocycles. The molecule has 3 rings (SSSR count). The van der Waals surface area contributed by atoms with Gasteiger partial charge in [-0.15, -0.1) is 0 Å². The number of carbonyl (C=O) groups is 1. The summed E-state index contributed by atoms with van der Waals surface area (Å²) >= 11 is 1.69. The van der Waals surface area contributed by atoms with E-state index in [1.807, 2.05) is 18.2 Å². The predicted octanol–water partition coefficient (Wildman–Crippen LogP) is 3.12. The number of rotatable bonds is 2. The Bertz CT molecular complexity index is 684. The summed E-state index contributed by atoms with van der Waals surface area (Å²) in [6.45, 7) is 2.08. The molecule has 1 aliphatic rings. The van der Waals surface area contributed by atoms with Gasteiger partial charge in [0.05, 0.1) is 0 Å². The Morgan fingerprint density at radius 3 is 2.65 bits per heavy atom. The molecule has 20 heavy (non-hydrogen) atoms. The molecule has 1 amide bonds. The summed E-state index contributed by atoms with van der Waals surface area (Å²) in [5.74, 6) is -0.0438. The van der Waals surface area contributed by atoms with Crippen molar-refractivity contribution in [2.45, 2.75) is 22.8 Å². The van der Waals surface area contributed by atoms with Gasteiger partial charge >= 0.3 is 0 Å². The fraction of sp³-hybridized carbons (Fsp3) is 0.188. The van der Waals surface area contributed by atoms with Crippen LogP contribution in [0.1, 0.15) is 17.2 Å². The van der Waals surface area contributed by atoms with Crippen LogP contribution in [0, 0.1) is 6.92 Å². The monoisotopic (exact) mass is 284 g/mol. The van der Waals surface area contributed by atoms with Gasteiger partial charge < -0.3 is 10.6 Å². The molecule has 1 atom stereocenters. The van der Waals surface area contributed by atoms with E-state index in [1.165, 1.54) is 10.5 Å². The molecule has 0 fully saturated rings. The molecule has 2 aromatic carbocycles. The van der Waals surface area contributed by atoms with Crippen molar-refractivity contribution in [1.82, 2.24) is 0 Å². The van der Waals surface area contributed by atoms with Gasteiger partial charge in [0.2, 0.25) is 5.91 Å². The maximum Gasteiger partial charge on any atom is 0.248 e. The molecule has 0 saturated heterocycles. The zero-order valence-corrected chi connectivity index (χ0v) is 12.3. The van der Waals surface area contributed by atoms with E-state index in [-0.39, 0.29) is 5.91 Å². The molecule has 2 aromatic rings. The second-order valence-corrected chi connectivity index (χ2v) is 6.16. The minimum absolute atomic E-state index is 0.0438. The molecule has 1 unspecified atom stereocenters. The quantitative estimate of drug-likeness (QED) is 0.921. The average Bonchev–Trinajstić information content (AvgIpc) is 2.64. The SMILES string of the molecule is Cc1cccc(Sc2ccc3c(c2)N(C)C(=O)C3N)c1. The molecule has 1 heterocycles. The fourth-order valence-corrected chi connectivity index (χ4v) is 3.39. The maximum absolute atomic E-state index is 11.9. The summed E-state index contributed by atoms with van der Waals surface area (Å²) in [5.41, 5.74) is 8.97. The van der Waals surface area contributed by atoms with Gasteiger partial charge in [0.15, 0.2) is 0 Å². The highest BCUT2D eigenvalue weighted by Gasteiger charge is 2.32. The molecular formula is C16H16N2OS. The number of nitrogens with zero attached hydrogens (tertiary/aromatic N) is 1. The van der Waals surface area contributed by atoms with Crippen LogP contribution < -0.4 is 10.6 Å². The van der Waals surface area contributed by atoms with Crippen molar-refractivity contribution < 1.29 is 4.79 Å². The minimum atomic E-state index is -0.520. The van der Waals surface area contributed by atoms with Crippen LogP contribution in [-0.2, 0) is 4.79 Å². The van der Waals surface area contributed by atoms with Crippen LogP contribution in [0.3, 0.4) is 0 Å². The first kappa shape index (κ1) is 13.2. The average molecular weight is 284 g/mol. The first-order valence-electron chi connectivity index (χ1n) is 6.48. The minimum Gasteiger partial charge on any atom is -0.316 e. The van der Waals surface area contributed by atoms with Crippen LogP contribution >= 0.6 is 11.8 Å². The van der Waals surface area contributed by atoms with Crippen molar-refractivity contribution in [1.29, 1.82) is 0 Å². The van der Waals surface area contributed by atoms with Crippen molar-refractivity contribution in [2.24, 2.45) is 5.73 Å². The molecule has 0 aromatic heterocycles. The first-order chi connectivity index (χ1) is 9.56. The van der Waals surface area contributed by atoms with Crippen LogP contribution in [0.5, 0.6) is 0 Å². The van der Waals surface area contributed by atoms with Crippen LogP contribution in [0.4, 0.5) is 5.69 Å². The number of fused-ring (bicyclic) bond motifs is 1. The van der Waals surface area contributed by atoms with E-state index in [4.69, 9.17) is 5.73 Å². The van der Waals surface area contributed by atoms with Gasteiger partial charge in [-0.1, -0.05) is 35.5 Å². The molecule has 0 bridgehead atoms. The fourth-order valence-electron chi connectivity index (χ4n) is 2.42. The van der Waals surface area contributed by atoms with E-state index in [0.717, 1.165) is 16.1 Å². The van der Waals surface area contributed by atoms with Gasteiger partial charge in [-0.05, 0) is 31.2 Å². The Morgan fingerprint density at radius 1 is 1.15 bits per heavy atom. The van der Waals surface area contributed by atoms with Crippen LogP contribution in [-0.4, -0.2) is 13.0 Å². The van der Waals surface area contributed by atoms with Gasteiger partial charge in [0.1, 0.15) is 6.04 Å². The van der Waals surface area contributed by atoms with Crippen molar-refractivity contribution in [3.05, 3.63) is 53.6 Å². The summed E-state index contributed by atoms with van der Waals surface area (Å²) in [6, 6.07) is 13.9. The van der Waals surface area contributed by atoms with Crippen LogP contribution in [0.15, 0.2) is 52.3 Å². The normalized spacial score (nSPS) is 17.4. The van der Waals surface area contributed by atoms with Crippen LogP contribution in [0.25, 0.3) is 0 Å². The van der Waals surface area contributed by atoms with E-state index in [2.05, 4.69) is 31.2 Å². The highest BCUT2D eigenvalue weighted by molar-refractivity contribution is 7.99. The molecule has 0 saturated carbocycles. The third-order valence-corrected chi connectivity index (χ3v) is 4.50. The van der Waals surface area contributed by atoms with E-state index >= 15 is 0 Å². The van der Waals surface area contributed by atoms with E-state index < -0.39 is 6.04 Å². The van der Waals surface area contributed by atoms with Crippen molar-refractivity contribution in [3.8, 4) is 0 Å². The van der Waals surface area contributed by atoms with Crippen molar-refractivity contribution in [2.75, 3.05) is 11.9 Å². The van der Waals surface area contributed by atoms with Crippen molar-refractivity contribution in [3.63, 3.8) is 0 Å². The first-order valence-corrected chi connectivity index (χ1v) is 7.29. The number of carbonyl (C=O) groups excluding carboxylic acids is 1. The Labute approximate surface area is 122 Å². The van der Waals surface area contributed by atoms with Crippen molar-refractivity contribution >= 4 is 23.4 Å². The van der Waals surface area contributed by atoms with Gasteiger partial charge in [-0.2, -0.15) is 0 Å². The van der Waals surface area contributed by atoms with Gasteiger partial charge in [0.25, 0.3) is 0 Å². The number of hydrogen-bond donors (Lipinski definition) is 1. The summed E-state index contributed by atoms with van der Waals surface area (Å²) in [7, 11) is 1.77. The van der Waals surface area contributed by atoms with Gasteiger partial charge in [-0.25, -0.2) is 0 Å². The highest BCUT2D eigenvalue weighted by atomic mass is 32.2. The second kappa shape index (κ2) is 4.96. The topological polar surface area (TPSA) is 46.3 Å². The largest absolute Gasteiger partial charge is 0.316 e. The summed E-state index contributed by atoms with van der Waals surface area (Å²) in [6.07, 6.45) is 0. The summed E-state index contributed by atoms with van der Waals surface area (Å²) in [4.78, 5) is 15.8. The van der Waals surface area contributed by atoms with Gasteiger partial charge in [0, 0.05) is 28.1 Å². The predicted molar refractivity (Wildman–Crippen MR) is 82.1 cm³/mol. The molecule has 2 N–H and O–H groups in total. The molecule has 102 valence electrons. The third-order valence-electron chi connectivity index (χ3n) is 3.52. The summed E-state index contributed by atoms with van der Waals surface area (Å²) < 4.78 is 0. The van der Waals surface area contributed by atoms with E-state index in [9.17, 15) is 4.79 Å². The zero-order valence-electron chi connectivity index (χ0n) is 11.5. The number of hydrogen-bond acceptors (Lipinski definition) is 3. The maximum atomic E-state index is 11.9. The number of likely N-dealkylation sites (N-methyl/N-ethyl adjacent to an activating group) is 1. The molecule has 4 heteroatoms. The standard InChI is InChI=1S/C16H16N2OS/c1-10-4-3-5-11(8-10)20-12-6-7-13-14(9-12)18(2)16(19)15(13)17/h3-9,15H,17H2,1-2H3. The Hall–Kier alpha value is -1.78. The number of amides is 1. The highest BCUT2D eigenvalue weighted by Crippen LogP contribution is 2.38. The van der Waals surface area contributed by atoms with E-state index in [1.54, 1.807) is 23.7 Å². The zero-order chi connectivity index (χ0) is 14.3. The molecule has 1 aliphatic heterocycles. The number of aryl methyl sites for hydroxylation is 1. The molecule has 0 spiro atoms. The molecule has 3 nitrogen and oxygen atoms in total. The lowest BCUT2D eigenvalue weighted by Crippen LogP contribution is -2.27. The smallest absolute Gasteiger partial charge is 0.248 e. The van der Waals surface area contributed by atoms with E-state index in [0.29, 0.717) is 0 Å². The molecule has 0 radical (unpaired) electrons. The Morgan fingerprint density at radius 2 is 1.90 bits per heavy atom. The van der Waals surface area contributed by atoms with Gasteiger partial charge in [-0.3, -0.25) is 4.79 Å². The second-order valence-electron chi connectivity index (χ2n) is 5.01. The number of benzene rings is 2. The van der Waals surface area contributed by atoms with Crippen LogP contribution in [0.2, 0.25) is 0 Å². The summed E-state index contributed by atoms with van der Waals surface area (Å²) in [5, 5.41) is 0. The lowest BCUT2D eigenvalue weighted by atomic mass is 10.1. The Kier molecular flexibility index (Phi) is 3.28. The molecular weight excluding hydrogens is 268 g/mol. The number of anilines is 1. The third kappa shape index (κ3) is 2.21. The lowest BCUT2D eigenvalue weighted by molar-refractivity contribution is -0.118. The lowest BCUT2D eigenvalue weighted by Gasteiger charge is -2.11. The Balaban J connectivity index is 1.92. The number of nitrogens with two attached hydrogens (primary N) is 1.